The van der Waals surface area contributed by atoms with Crippen molar-refractivity contribution in [1.82, 2.24) is 10.3 Å². The molecule has 1 fully saturated rings. The second kappa shape index (κ2) is 7.04. The third-order valence-corrected chi connectivity index (χ3v) is 4.18. The highest BCUT2D eigenvalue weighted by molar-refractivity contribution is 5.38. The largest absolute Gasteiger partial charge is 0.379 e. The summed E-state index contributed by atoms with van der Waals surface area (Å²) in [5, 5.41) is 3.66. The van der Waals surface area contributed by atoms with E-state index in [2.05, 4.69) is 41.2 Å². The number of hydrogen-bond acceptors (Lipinski definition) is 4. The Morgan fingerprint density at radius 1 is 1.35 bits per heavy atom. The summed E-state index contributed by atoms with van der Waals surface area (Å²) in [7, 11) is 1.78. The average molecular weight is 277 g/mol. The van der Waals surface area contributed by atoms with E-state index in [1.807, 2.05) is 12.3 Å². The number of piperidine rings is 1. The van der Waals surface area contributed by atoms with E-state index in [0.29, 0.717) is 6.04 Å². The van der Waals surface area contributed by atoms with Crippen LogP contribution < -0.4 is 10.2 Å². The van der Waals surface area contributed by atoms with Gasteiger partial charge in [-0.1, -0.05) is 6.07 Å². The molecule has 0 bridgehead atoms. The maximum absolute atomic E-state index is 5.45. The first-order valence-electron chi connectivity index (χ1n) is 7.55. The van der Waals surface area contributed by atoms with Gasteiger partial charge >= 0.3 is 0 Å². The molecule has 1 N–H and O–H groups in total. The van der Waals surface area contributed by atoms with Crippen molar-refractivity contribution in [2.75, 3.05) is 31.6 Å². The molecule has 0 radical (unpaired) electrons. The molecular weight excluding hydrogens is 250 g/mol. The number of nitrogens with zero attached hydrogens (tertiary/aromatic N) is 2. The van der Waals surface area contributed by atoms with E-state index in [4.69, 9.17) is 4.74 Å². The van der Waals surface area contributed by atoms with Crippen molar-refractivity contribution in [3.63, 3.8) is 0 Å². The minimum Gasteiger partial charge on any atom is -0.379 e. The fourth-order valence-electron chi connectivity index (χ4n) is 2.53. The summed E-state index contributed by atoms with van der Waals surface area (Å²) in [6, 6.07) is 6.74. The molecule has 4 nitrogen and oxygen atoms in total. The number of aromatic nitrogens is 1. The molecule has 1 saturated heterocycles. The fourth-order valence-corrected chi connectivity index (χ4v) is 2.53. The topological polar surface area (TPSA) is 37.4 Å². The van der Waals surface area contributed by atoms with E-state index in [9.17, 15) is 0 Å². The van der Waals surface area contributed by atoms with Gasteiger partial charge in [-0.2, -0.15) is 0 Å². The summed E-state index contributed by atoms with van der Waals surface area (Å²) in [6.45, 7) is 7.47. The summed E-state index contributed by atoms with van der Waals surface area (Å²) in [5.74, 6) is 1.10. The second-order valence-corrected chi connectivity index (χ2v) is 6.12. The van der Waals surface area contributed by atoms with Crippen LogP contribution in [0.25, 0.3) is 0 Å². The van der Waals surface area contributed by atoms with Crippen LogP contribution in [-0.4, -0.2) is 43.4 Å². The summed E-state index contributed by atoms with van der Waals surface area (Å²) in [5.41, 5.74) is -0.0261. The molecule has 1 aromatic heterocycles. The maximum atomic E-state index is 5.45. The lowest BCUT2D eigenvalue weighted by atomic mass is 10.0. The molecule has 0 unspecified atom stereocenters. The van der Waals surface area contributed by atoms with Crippen LogP contribution in [0.4, 0.5) is 5.82 Å². The lowest BCUT2D eigenvalue weighted by molar-refractivity contribution is 0.0152. The Kier molecular flexibility index (Phi) is 5.38. The number of hydrogen-bond donors (Lipinski definition) is 1. The standard InChI is InChI=1S/C16H27N3O/c1-16(2,20-3)9-11-17-14-7-12-19(13-8-14)15-6-4-5-10-18-15/h4-6,10,14,17H,7-9,11-13H2,1-3H3. The molecule has 1 aliphatic heterocycles. The molecule has 2 heterocycles. The van der Waals surface area contributed by atoms with Gasteiger partial charge in [-0.3, -0.25) is 0 Å². The average Bonchev–Trinajstić information content (AvgIpc) is 2.49. The van der Waals surface area contributed by atoms with Crippen molar-refractivity contribution in [3.05, 3.63) is 24.4 Å². The van der Waals surface area contributed by atoms with Crippen LogP contribution in [-0.2, 0) is 4.74 Å². The van der Waals surface area contributed by atoms with Crippen molar-refractivity contribution in [2.45, 2.75) is 44.8 Å². The zero-order chi connectivity index (χ0) is 14.4. The van der Waals surface area contributed by atoms with Crippen molar-refractivity contribution < 1.29 is 4.74 Å². The number of methoxy groups -OCH3 is 1. The smallest absolute Gasteiger partial charge is 0.128 e. The molecule has 1 aliphatic rings. The molecule has 20 heavy (non-hydrogen) atoms. The molecule has 112 valence electrons. The molecule has 4 heteroatoms. The summed E-state index contributed by atoms with van der Waals surface area (Å²) >= 11 is 0. The highest BCUT2D eigenvalue weighted by atomic mass is 16.5. The van der Waals surface area contributed by atoms with Gasteiger partial charge in [-0.05, 0) is 51.8 Å². The van der Waals surface area contributed by atoms with Crippen LogP contribution in [0.1, 0.15) is 33.1 Å². The predicted molar refractivity (Wildman–Crippen MR) is 83.2 cm³/mol. The molecule has 0 aromatic carbocycles. The fraction of sp³-hybridized carbons (Fsp3) is 0.688. The van der Waals surface area contributed by atoms with Crippen LogP contribution in [0.15, 0.2) is 24.4 Å². The summed E-state index contributed by atoms with van der Waals surface area (Å²) in [4.78, 5) is 6.79. The van der Waals surface area contributed by atoms with E-state index in [0.717, 1.165) is 31.9 Å². The highest BCUT2D eigenvalue weighted by Crippen LogP contribution is 2.18. The minimum absolute atomic E-state index is 0.0261. The quantitative estimate of drug-likeness (QED) is 0.866. The van der Waals surface area contributed by atoms with Crippen LogP contribution in [0, 0.1) is 0 Å². The zero-order valence-corrected chi connectivity index (χ0v) is 12.9. The first kappa shape index (κ1) is 15.3. The third-order valence-electron chi connectivity index (χ3n) is 4.18. The highest BCUT2D eigenvalue weighted by Gasteiger charge is 2.21. The number of rotatable bonds is 6. The molecule has 2 rings (SSSR count). The number of pyridine rings is 1. The van der Waals surface area contributed by atoms with Crippen LogP contribution >= 0.6 is 0 Å². The van der Waals surface area contributed by atoms with Gasteiger partial charge < -0.3 is 15.0 Å². The van der Waals surface area contributed by atoms with E-state index in [1.165, 1.54) is 12.8 Å². The van der Waals surface area contributed by atoms with Gasteiger partial charge in [0.05, 0.1) is 5.60 Å². The zero-order valence-electron chi connectivity index (χ0n) is 12.9. The van der Waals surface area contributed by atoms with Crippen molar-refractivity contribution in [2.24, 2.45) is 0 Å². The van der Waals surface area contributed by atoms with Gasteiger partial charge in [-0.15, -0.1) is 0 Å². The van der Waals surface area contributed by atoms with E-state index >= 15 is 0 Å². The lowest BCUT2D eigenvalue weighted by Crippen LogP contribution is -2.44. The van der Waals surface area contributed by atoms with Gasteiger partial charge in [0, 0.05) is 32.4 Å². The van der Waals surface area contributed by atoms with Crippen molar-refractivity contribution in [3.8, 4) is 0 Å². The number of ether oxygens (including phenoxy) is 1. The Morgan fingerprint density at radius 2 is 2.10 bits per heavy atom. The lowest BCUT2D eigenvalue weighted by Gasteiger charge is -2.34. The Labute approximate surface area is 122 Å². The predicted octanol–water partition coefficient (Wildman–Crippen LogP) is 2.46. The van der Waals surface area contributed by atoms with E-state index in [1.54, 1.807) is 7.11 Å². The van der Waals surface area contributed by atoms with Gasteiger partial charge in [0.2, 0.25) is 0 Å². The Hall–Kier alpha value is -1.13. The number of nitrogens with one attached hydrogen (secondary N) is 1. The van der Waals surface area contributed by atoms with Gasteiger partial charge in [0.15, 0.2) is 0 Å². The van der Waals surface area contributed by atoms with Gasteiger partial charge in [0.1, 0.15) is 5.82 Å². The van der Waals surface area contributed by atoms with Crippen LogP contribution in [0.5, 0.6) is 0 Å². The molecular formula is C16H27N3O. The molecule has 0 amide bonds. The molecule has 0 saturated carbocycles. The molecule has 0 atom stereocenters. The first-order chi connectivity index (χ1) is 9.61. The van der Waals surface area contributed by atoms with Crippen molar-refractivity contribution in [1.29, 1.82) is 0 Å². The molecule has 0 spiro atoms. The second-order valence-electron chi connectivity index (χ2n) is 6.12. The van der Waals surface area contributed by atoms with E-state index in [-0.39, 0.29) is 5.60 Å². The van der Waals surface area contributed by atoms with E-state index < -0.39 is 0 Å². The minimum atomic E-state index is -0.0261. The summed E-state index contributed by atoms with van der Waals surface area (Å²) < 4.78 is 5.45. The summed E-state index contributed by atoms with van der Waals surface area (Å²) in [6.07, 6.45) is 5.28. The molecule has 1 aromatic rings. The third kappa shape index (κ3) is 4.46. The Morgan fingerprint density at radius 3 is 2.70 bits per heavy atom. The first-order valence-corrected chi connectivity index (χ1v) is 7.55. The van der Waals surface area contributed by atoms with Crippen LogP contribution in [0.2, 0.25) is 0 Å². The Bertz CT molecular complexity index is 386. The van der Waals surface area contributed by atoms with Crippen LogP contribution in [0.3, 0.4) is 0 Å². The number of anilines is 1. The maximum Gasteiger partial charge on any atom is 0.128 e. The SMILES string of the molecule is COC(C)(C)CCNC1CCN(c2ccccn2)CC1. The van der Waals surface area contributed by atoms with Gasteiger partial charge in [-0.25, -0.2) is 4.98 Å². The molecule has 0 aliphatic carbocycles. The van der Waals surface area contributed by atoms with Gasteiger partial charge in [0.25, 0.3) is 0 Å². The Balaban J connectivity index is 1.70. The normalized spacial score (nSPS) is 17.4. The monoisotopic (exact) mass is 277 g/mol. The van der Waals surface area contributed by atoms with Crippen molar-refractivity contribution >= 4 is 5.82 Å².